The van der Waals surface area contributed by atoms with Crippen LogP contribution in [0.5, 0.6) is 5.75 Å². The number of fused-ring (bicyclic) bond motifs is 1. The molecule has 0 radical (unpaired) electrons. The molecular formula is C22H28N4O3. The number of nitrogens with one attached hydrogen (secondary N) is 1. The Bertz CT molecular complexity index is 921. The highest BCUT2D eigenvalue weighted by atomic mass is 16.5. The number of nitrogens with zero attached hydrogens (tertiary/aromatic N) is 3. The summed E-state index contributed by atoms with van der Waals surface area (Å²) in [5.74, 6) is 1.15. The summed E-state index contributed by atoms with van der Waals surface area (Å²) in [6.45, 7) is 4.42. The van der Waals surface area contributed by atoms with Crippen LogP contribution in [-0.2, 0) is 13.0 Å². The number of ether oxygens (including phenoxy) is 1. The molecule has 2 aliphatic heterocycles. The van der Waals surface area contributed by atoms with Gasteiger partial charge in [-0.05, 0) is 50.2 Å². The normalized spacial score (nSPS) is 18.8. The van der Waals surface area contributed by atoms with Crippen LogP contribution < -0.4 is 10.1 Å². The molecule has 4 rings (SSSR count). The van der Waals surface area contributed by atoms with Gasteiger partial charge in [-0.2, -0.15) is 0 Å². The number of carbonyl (C=O) groups excluding carboxylic acids is 2. The van der Waals surface area contributed by atoms with Crippen LogP contribution in [0.1, 0.15) is 59.4 Å². The van der Waals surface area contributed by atoms with Crippen molar-refractivity contribution in [3.05, 3.63) is 41.5 Å². The molecule has 1 aromatic carbocycles. The minimum atomic E-state index is -0.299. The molecule has 1 aromatic heterocycles. The monoisotopic (exact) mass is 396 g/mol. The molecule has 0 spiro atoms. The molecule has 154 valence electrons. The largest absolute Gasteiger partial charge is 0.497 e. The Morgan fingerprint density at radius 1 is 1.21 bits per heavy atom. The summed E-state index contributed by atoms with van der Waals surface area (Å²) in [6, 6.07) is 7.21. The van der Waals surface area contributed by atoms with E-state index in [1.54, 1.807) is 13.2 Å². The minimum absolute atomic E-state index is 0.0392. The number of anilines is 1. The van der Waals surface area contributed by atoms with Gasteiger partial charge >= 0.3 is 0 Å². The van der Waals surface area contributed by atoms with Crippen molar-refractivity contribution < 1.29 is 14.3 Å². The number of rotatable bonds is 4. The van der Waals surface area contributed by atoms with Gasteiger partial charge in [-0.25, -0.2) is 4.98 Å². The lowest BCUT2D eigenvalue weighted by Gasteiger charge is -2.30. The van der Waals surface area contributed by atoms with Crippen molar-refractivity contribution >= 4 is 17.5 Å². The lowest BCUT2D eigenvalue weighted by Crippen LogP contribution is -2.39. The summed E-state index contributed by atoms with van der Waals surface area (Å²) in [5, 5.41) is 2.89. The third kappa shape index (κ3) is 3.99. The molecule has 1 fully saturated rings. The molecule has 0 aliphatic carbocycles. The molecule has 7 nitrogen and oxygen atoms in total. The van der Waals surface area contributed by atoms with Crippen LogP contribution >= 0.6 is 0 Å². The van der Waals surface area contributed by atoms with Crippen LogP contribution in [0.4, 0.5) is 5.69 Å². The van der Waals surface area contributed by atoms with E-state index in [1.165, 1.54) is 0 Å². The zero-order valence-corrected chi connectivity index (χ0v) is 17.1. The molecule has 0 bridgehead atoms. The first-order valence-corrected chi connectivity index (χ1v) is 10.4. The zero-order chi connectivity index (χ0) is 20.4. The number of imidazole rings is 1. The number of hydrogen-bond acceptors (Lipinski definition) is 4. The zero-order valence-electron chi connectivity index (χ0n) is 17.1. The smallest absolute Gasteiger partial charge is 0.291 e. The fourth-order valence-electron chi connectivity index (χ4n) is 4.30. The summed E-state index contributed by atoms with van der Waals surface area (Å²) < 4.78 is 7.15. The molecule has 1 unspecified atom stereocenters. The van der Waals surface area contributed by atoms with Gasteiger partial charge in [0.2, 0.25) is 0 Å². The van der Waals surface area contributed by atoms with Crippen LogP contribution in [0.3, 0.4) is 0 Å². The molecule has 2 amide bonds. The summed E-state index contributed by atoms with van der Waals surface area (Å²) in [7, 11) is 1.59. The Morgan fingerprint density at radius 3 is 2.86 bits per heavy atom. The average Bonchev–Trinajstić information content (AvgIpc) is 3.13. The highest BCUT2D eigenvalue weighted by Crippen LogP contribution is 2.25. The van der Waals surface area contributed by atoms with Gasteiger partial charge in [0.25, 0.3) is 11.8 Å². The Kier molecular flexibility index (Phi) is 5.56. The van der Waals surface area contributed by atoms with Gasteiger partial charge in [0.05, 0.1) is 12.8 Å². The van der Waals surface area contributed by atoms with E-state index >= 15 is 0 Å². The molecule has 3 heterocycles. The number of hydrogen-bond donors (Lipinski definition) is 1. The topological polar surface area (TPSA) is 76.5 Å². The van der Waals surface area contributed by atoms with E-state index in [0.29, 0.717) is 35.4 Å². The van der Waals surface area contributed by atoms with Crippen molar-refractivity contribution in [2.24, 2.45) is 5.92 Å². The van der Waals surface area contributed by atoms with Crippen molar-refractivity contribution in [2.75, 3.05) is 25.5 Å². The van der Waals surface area contributed by atoms with Crippen molar-refractivity contribution in [3.63, 3.8) is 0 Å². The summed E-state index contributed by atoms with van der Waals surface area (Å²) in [6.07, 6.45) is 4.95. The second-order valence-corrected chi connectivity index (χ2v) is 8.02. The number of likely N-dealkylation sites (tertiary alicyclic amines) is 1. The molecule has 7 heteroatoms. The predicted molar refractivity (Wildman–Crippen MR) is 110 cm³/mol. The second-order valence-electron chi connectivity index (χ2n) is 8.02. The van der Waals surface area contributed by atoms with Gasteiger partial charge in [0.15, 0.2) is 5.82 Å². The van der Waals surface area contributed by atoms with Crippen LogP contribution in [0.15, 0.2) is 24.3 Å². The Morgan fingerprint density at radius 2 is 2.07 bits per heavy atom. The molecular weight excluding hydrogens is 368 g/mol. The minimum Gasteiger partial charge on any atom is -0.497 e. The van der Waals surface area contributed by atoms with E-state index in [0.717, 1.165) is 50.9 Å². The molecule has 1 N–H and O–H groups in total. The van der Waals surface area contributed by atoms with Gasteiger partial charge < -0.3 is 19.5 Å². The Balaban J connectivity index is 1.62. The predicted octanol–water partition coefficient (Wildman–Crippen LogP) is 3.35. The first-order valence-electron chi connectivity index (χ1n) is 10.4. The number of methoxy groups -OCH3 is 1. The van der Waals surface area contributed by atoms with Gasteiger partial charge in [-0.3, -0.25) is 9.59 Å². The Labute approximate surface area is 171 Å². The highest BCUT2D eigenvalue weighted by Gasteiger charge is 2.31. The number of amides is 2. The van der Waals surface area contributed by atoms with Crippen molar-refractivity contribution in [2.45, 2.75) is 45.6 Å². The molecule has 29 heavy (non-hydrogen) atoms. The number of aromatic nitrogens is 2. The second kappa shape index (κ2) is 8.27. The maximum atomic E-state index is 13.2. The van der Waals surface area contributed by atoms with E-state index < -0.39 is 0 Å². The average molecular weight is 396 g/mol. The van der Waals surface area contributed by atoms with Gasteiger partial charge in [0.1, 0.15) is 11.4 Å². The third-order valence-corrected chi connectivity index (χ3v) is 5.80. The molecule has 0 saturated carbocycles. The van der Waals surface area contributed by atoms with E-state index in [9.17, 15) is 9.59 Å². The fourth-order valence-corrected chi connectivity index (χ4v) is 4.30. The van der Waals surface area contributed by atoms with Crippen LogP contribution in [0.2, 0.25) is 0 Å². The third-order valence-electron chi connectivity index (χ3n) is 5.80. The molecule has 1 atom stereocenters. The van der Waals surface area contributed by atoms with Crippen molar-refractivity contribution in [1.29, 1.82) is 0 Å². The van der Waals surface area contributed by atoms with Gasteiger partial charge in [-0.1, -0.05) is 13.0 Å². The fraction of sp³-hybridized carbons (Fsp3) is 0.500. The van der Waals surface area contributed by atoms with Crippen LogP contribution in [0, 0.1) is 5.92 Å². The Hall–Kier alpha value is -2.83. The summed E-state index contributed by atoms with van der Waals surface area (Å²) >= 11 is 0. The molecule has 2 aromatic rings. The van der Waals surface area contributed by atoms with E-state index in [1.807, 2.05) is 27.7 Å². The first-order chi connectivity index (χ1) is 14.1. The van der Waals surface area contributed by atoms with E-state index in [2.05, 4.69) is 17.2 Å². The van der Waals surface area contributed by atoms with E-state index in [-0.39, 0.29) is 11.8 Å². The summed E-state index contributed by atoms with van der Waals surface area (Å²) in [5.41, 5.74) is 1.99. The number of piperidine rings is 1. The SMILES string of the molecule is COc1cccc(NC(=O)c2nc(C(=O)N3CCCC(C)C3)c3n2CCCC3)c1. The van der Waals surface area contributed by atoms with Crippen molar-refractivity contribution in [1.82, 2.24) is 14.5 Å². The van der Waals surface area contributed by atoms with Crippen LogP contribution in [-0.4, -0.2) is 46.5 Å². The van der Waals surface area contributed by atoms with Crippen LogP contribution in [0.25, 0.3) is 0 Å². The summed E-state index contributed by atoms with van der Waals surface area (Å²) in [4.78, 5) is 32.6. The van der Waals surface area contributed by atoms with Gasteiger partial charge in [0, 0.05) is 31.4 Å². The highest BCUT2D eigenvalue weighted by molar-refractivity contribution is 6.03. The number of carbonyl (C=O) groups is 2. The molecule has 2 aliphatic rings. The van der Waals surface area contributed by atoms with E-state index in [4.69, 9.17) is 4.74 Å². The molecule has 1 saturated heterocycles. The first kappa shape index (κ1) is 19.5. The van der Waals surface area contributed by atoms with Gasteiger partial charge in [-0.15, -0.1) is 0 Å². The standard InChI is InChI=1S/C22H28N4O3/c1-15-7-6-11-25(14-15)22(28)19-18-10-3-4-12-26(18)20(24-19)21(27)23-16-8-5-9-17(13-16)29-2/h5,8-9,13,15H,3-4,6-7,10-12,14H2,1-2H3,(H,23,27). The quantitative estimate of drug-likeness (QED) is 0.860. The maximum absolute atomic E-state index is 13.2. The van der Waals surface area contributed by atoms with Crippen molar-refractivity contribution in [3.8, 4) is 5.75 Å². The lowest BCUT2D eigenvalue weighted by atomic mass is 9.99. The lowest BCUT2D eigenvalue weighted by molar-refractivity contribution is 0.0676. The maximum Gasteiger partial charge on any atom is 0.291 e. The number of benzene rings is 1.